The van der Waals surface area contributed by atoms with Gasteiger partial charge in [0.15, 0.2) is 0 Å². The number of hydrogen-bond donors (Lipinski definition) is 2. The minimum absolute atomic E-state index is 0.139. The van der Waals surface area contributed by atoms with E-state index in [0.29, 0.717) is 38.0 Å². The number of likely N-dealkylation sites (tertiary alicyclic amines) is 2. The van der Waals surface area contributed by atoms with E-state index >= 15 is 0 Å². The zero-order valence-electron chi connectivity index (χ0n) is 20.0. The van der Waals surface area contributed by atoms with Gasteiger partial charge in [0.25, 0.3) is 0 Å². The summed E-state index contributed by atoms with van der Waals surface area (Å²) in [6.45, 7) is 18.1. The maximum Gasteiger partial charge on any atom is 0.410 e. The Bertz CT molecular complexity index is 519. The molecule has 8 heteroatoms. The number of aliphatic hydroxyl groups is 2. The van der Waals surface area contributed by atoms with Gasteiger partial charge in [-0.3, -0.25) is 0 Å². The lowest BCUT2D eigenvalue weighted by molar-refractivity contribution is 0.0270. The van der Waals surface area contributed by atoms with Gasteiger partial charge in [0, 0.05) is 51.2 Å². The number of ether oxygens (including phenoxy) is 2. The highest BCUT2D eigenvalue weighted by Gasteiger charge is 2.35. The molecular weight excluding hydrogens is 388 g/mol. The van der Waals surface area contributed by atoms with E-state index in [1.54, 1.807) is 9.80 Å². The molecule has 176 valence electrons. The van der Waals surface area contributed by atoms with Gasteiger partial charge in [0.2, 0.25) is 0 Å². The molecule has 0 aromatic carbocycles. The number of amides is 2. The highest BCUT2D eigenvalue weighted by atomic mass is 16.6. The maximum absolute atomic E-state index is 11.7. The monoisotopic (exact) mass is 430 g/mol. The molecule has 2 heterocycles. The molecule has 0 aliphatic carbocycles. The first-order valence-corrected chi connectivity index (χ1v) is 10.8. The zero-order chi connectivity index (χ0) is 23.3. The Labute approximate surface area is 181 Å². The molecule has 0 saturated carbocycles. The van der Waals surface area contributed by atoms with E-state index in [0.717, 1.165) is 0 Å². The summed E-state index contributed by atoms with van der Waals surface area (Å²) in [4.78, 5) is 26.7. The SMILES string of the molecule is C[C@@H]1CN(C(=O)OC(C)(C)C)C[C@@H]1CO.C[C@H]1CN(C(=O)OC(C)(C)C)C[C@H]1CO. The largest absolute Gasteiger partial charge is 0.444 e. The normalized spacial score (nSPS) is 26.9. The lowest BCUT2D eigenvalue weighted by Gasteiger charge is -2.24. The second-order valence-electron chi connectivity index (χ2n) is 10.6. The molecule has 2 N–H and O–H groups in total. The zero-order valence-corrected chi connectivity index (χ0v) is 20.0. The molecule has 0 spiro atoms. The third-order valence-electron chi connectivity index (χ3n) is 5.31. The summed E-state index contributed by atoms with van der Waals surface area (Å²) in [6.07, 6.45) is -0.546. The van der Waals surface area contributed by atoms with Crippen molar-refractivity contribution in [3.63, 3.8) is 0 Å². The summed E-state index contributed by atoms with van der Waals surface area (Å²) in [5, 5.41) is 18.2. The van der Waals surface area contributed by atoms with Gasteiger partial charge in [0.1, 0.15) is 11.2 Å². The minimum Gasteiger partial charge on any atom is -0.444 e. The van der Waals surface area contributed by atoms with E-state index in [4.69, 9.17) is 19.7 Å². The van der Waals surface area contributed by atoms with Crippen molar-refractivity contribution in [1.29, 1.82) is 0 Å². The predicted molar refractivity (Wildman–Crippen MR) is 115 cm³/mol. The Morgan fingerprint density at radius 3 is 1.23 bits per heavy atom. The van der Waals surface area contributed by atoms with Gasteiger partial charge in [-0.25, -0.2) is 9.59 Å². The van der Waals surface area contributed by atoms with Gasteiger partial charge in [-0.05, 0) is 53.4 Å². The van der Waals surface area contributed by atoms with E-state index < -0.39 is 11.2 Å². The van der Waals surface area contributed by atoms with Crippen molar-refractivity contribution in [2.45, 2.75) is 66.6 Å². The maximum atomic E-state index is 11.7. The molecule has 30 heavy (non-hydrogen) atoms. The van der Waals surface area contributed by atoms with Crippen LogP contribution < -0.4 is 0 Å². The number of hydrogen-bond acceptors (Lipinski definition) is 6. The van der Waals surface area contributed by atoms with Crippen LogP contribution in [0.3, 0.4) is 0 Å². The summed E-state index contributed by atoms with van der Waals surface area (Å²) in [7, 11) is 0. The Hall–Kier alpha value is -1.54. The van der Waals surface area contributed by atoms with Crippen molar-refractivity contribution in [3.8, 4) is 0 Å². The molecule has 0 aromatic rings. The van der Waals surface area contributed by atoms with Gasteiger partial charge < -0.3 is 29.5 Å². The highest BCUT2D eigenvalue weighted by molar-refractivity contribution is 5.69. The Balaban J connectivity index is 0.000000300. The van der Waals surface area contributed by atoms with Crippen LogP contribution in [0.1, 0.15) is 55.4 Å². The summed E-state index contributed by atoms with van der Waals surface area (Å²) >= 11 is 0. The molecule has 0 aromatic heterocycles. The van der Waals surface area contributed by atoms with Gasteiger partial charge in [0.05, 0.1) is 0 Å². The third-order valence-corrected chi connectivity index (χ3v) is 5.31. The smallest absolute Gasteiger partial charge is 0.410 e. The number of nitrogens with zero attached hydrogens (tertiary/aromatic N) is 2. The average molecular weight is 431 g/mol. The van der Waals surface area contributed by atoms with E-state index in [-0.39, 0.29) is 37.2 Å². The molecule has 0 bridgehead atoms. The fraction of sp³-hybridized carbons (Fsp3) is 0.909. The number of aliphatic hydroxyl groups excluding tert-OH is 2. The first-order valence-electron chi connectivity index (χ1n) is 10.8. The topological polar surface area (TPSA) is 99.5 Å². The van der Waals surface area contributed by atoms with Crippen LogP contribution >= 0.6 is 0 Å². The van der Waals surface area contributed by atoms with Gasteiger partial charge in [-0.15, -0.1) is 0 Å². The molecule has 2 aliphatic heterocycles. The molecular formula is C22H42N2O6. The molecule has 0 unspecified atom stereocenters. The van der Waals surface area contributed by atoms with E-state index in [1.165, 1.54) is 0 Å². The minimum atomic E-state index is -0.447. The van der Waals surface area contributed by atoms with Crippen LogP contribution in [-0.2, 0) is 9.47 Å². The van der Waals surface area contributed by atoms with Crippen LogP contribution in [0.25, 0.3) is 0 Å². The van der Waals surface area contributed by atoms with Crippen molar-refractivity contribution < 1.29 is 29.3 Å². The lowest BCUT2D eigenvalue weighted by atomic mass is 10.00. The third kappa shape index (κ3) is 8.68. The molecule has 4 atom stereocenters. The second kappa shape index (κ2) is 10.7. The van der Waals surface area contributed by atoms with Gasteiger partial charge >= 0.3 is 12.2 Å². The Morgan fingerprint density at radius 2 is 1.03 bits per heavy atom. The quantitative estimate of drug-likeness (QED) is 0.699. The molecule has 2 aliphatic rings. The molecule has 2 amide bonds. The average Bonchev–Trinajstić information content (AvgIpc) is 3.15. The first-order chi connectivity index (χ1) is 13.7. The molecule has 8 nitrogen and oxygen atoms in total. The number of carbonyl (C=O) groups is 2. The number of rotatable bonds is 2. The van der Waals surface area contributed by atoms with Crippen LogP contribution in [0.5, 0.6) is 0 Å². The fourth-order valence-corrected chi connectivity index (χ4v) is 3.49. The summed E-state index contributed by atoms with van der Waals surface area (Å²) in [5.41, 5.74) is -0.894. The van der Waals surface area contributed by atoms with Crippen LogP contribution in [0.15, 0.2) is 0 Å². The van der Waals surface area contributed by atoms with E-state index in [1.807, 2.05) is 55.4 Å². The molecule has 2 saturated heterocycles. The summed E-state index contributed by atoms with van der Waals surface area (Å²) in [5.74, 6) is 1.08. The van der Waals surface area contributed by atoms with Crippen molar-refractivity contribution in [2.75, 3.05) is 39.4 Å². The Morgan fingerprint density at radius 1 is 0.733 bits per heavy atom. The van der Waals surface area contributed by atoms with Crippen molar-refractivity contribution in [2.24, 2.45) is 23.7 Å². The van der Waals surface area contributed by atoms with Crippen molar-refractivity contribution >= 4 is 12.2 Å². The van der Waals surface area contributed by atoms with Crippen molar-refractivity contribution in [1.82, 2.24) is 9.80 Å². The van der Waals surface area contributed by atoms with Gasteiger partial charge in [-0.2, -0.15) is 0 Å². The van der Waals surface area contributed by atoms with Crippen LogP contribution in [0, 0.1) is 23.7 Å². The highest BCUT2D eigenvalue weighted by Crippen LogP contribution is 2.25. The predicted octanol–water partition coefficient (Wildman–Crippen LogP) is 2.96. The fourth-order valence-electron chi connectivity index (χ4n) is 3.49. The Kier molecular flexibility index (Phi) is 9.42. The molecule has 2 rings (SSSR count). The second-order valence-corrected chi connectivity index (χ2v) is 10.6. The number of carbonyl (C=O) groups excluding carboxylic acids is 2. The van der Waals surface area contributed by atoms with Crippen LogP contribution in [0.4, 0.5) is 9.59 Å². The van der Waals surface area contributed by atoms with E-state index in [2.05, 4.69) is 0 Å². The summed E-state index contributed by atoms with van der Waals surface area (Å²) in [6, 6.07) is 0. The first kappa shape index (κ1) is 26.5. The lowest BCUT2D eigenvalue weighted by Crippen LogP contribution is -2.35. The van der Waals surface area contributed by atoms with Crippen LogP contribution in [-0.4, -0.2) is 82.8 Å². The summed E-state index contributed by atoms with van der Waals surface area (Å²) < 4.78 is 10.5. The molecule has 2 fully saturated rings. The van der Waals surface area contributed by atoms with Crippen LogP contribution in [0.2, 0.25) is 0 Å². The van der Waals surface area contributed by atoms with Crippen molar-refractivity contribution in [3.05, 3.63) is 0 Å². The standard InChI is InChI=1S/2C11H21NO3/c2*1-8-5-12(6-9(8)7-13)10(14)15-11(2,3)4/h2*8-9,13H,5-7H2,1-4H3/t2*8-,9-/m10/s1. The van der Waals surface area contributed by atoms with E-state index in [9.17, 15) is 9.59 Å². The molecule has 0 radical (unpaired) electrons. The van der Waals surface area contributed by atoms with Gasteiger partial charge in [-0.1, -0.05) is 13.8 Å².